The van der Waals surface area contributed by atoms with Crippen LogP contribution in [0.4, 0.5) is 5.69 Å². The number of benzene rings is 2. The van der Waals surface area contributed by atoms with Gasteiger partial charge in [0.25, 0.3) is 0 Å². The van der Waals surface area contributed by atoms with Gasteiger partial charge in [-0.3, -0.25) is 4.79 Å². The molecule has 7 heteroatoms. The van der Waals surface area contributed by atoms with Gasteiger partial charge in [-0.25, -0.2) is 0 Å². The summed E-state index contributed by atoms with van der Waals surface area (Å²) in [5.74, 6) is -0.0234. The van der Waals surface area contributed by atoms with Gasteiger partial charge in [-0.15, -0.1) is 0 Å². The van der Waals surface area contributed by atoms with Gasteiger partial charge in [0.2, 0.25) is 5.91 Å². The van der Waals surface area contributed by atoms with Crippen LogP contribution in [0.25, 0.3) is 0 Å². The molecule has 2 aromatic carbocycles. The van der Waals surface area contributed by atoms with E-state index in [4.69, 9.17) is 4.18 Å². The Labute approximate surface area is 143 Å². The first-order valence-electron chi connectivity index (χ1n) is 6.36. The Kier molecular flexibility index (Phi) is 5.07. The fourth-order valence-electron chi connectivity index (χ4n) is 1.77. The first-order valence-corrected chi connectivity index (χ1v) is 8.85. The van der Waals surface area contributed by atoms with E-state index in [1.807, 2.05) is 6.07 Å². The van der Waals surface area contributed by atoms with Crippen LogP contribution in [0.15, 0.2) is 47.4 Å². The second-order valence-electron chi connectivity index (χ2n) is 4.65. The van der Waals surface area contributed by atoms with Crippen LogP contribution in [0, 0.1) is 10.5 Å². The zero-order valence-electron chi connectivity index (χ0n) is 12.0. The Morgan fingerprint density at radius 1 is 1.18 bits per heavy atom. The molecule has 0 saturated heterocycles. The van der Waals surface area contributed by atoms with Crippen molar-refractivity contribution in [2.24, 2.45) is 0 Å². The van der Waals surface area contributed by atoms with E-state index in [1.54, 1.807) is 31.2 Å². The van der Waals surface area contributed by atoms with E-state index >= 15 is 0 Å². The van der Waals surface area contributed by atoms with E-state index in [2.05, 4.69) is 27.9 Å². The molecule has 0 aliphatic heterocycles. The number of rotatable bonds is 4. The van der Waals surface area contributed by atoms with E-state index in [-0.39, 0.29) is 16.6 Å². The molecule has 0 radical (unpaired) electrons. The highest BCUT2D eigenvalue weighted by Crippen LogP contribution is 2.24. The van der Waals surface area contributed by atoms with Crippen LogP contribution >= 0.6 is 22.6 Å². The molecule has 0 aromatic heterocycles. The Bertz CT molecular complexity index is 818. The maximum atomic E-state index is 12.3. The molecule has 0 heterocycles. The number of anilines is 1. The first-order chi connectivity index (χ1) is 10.3. The standard InChI is InChI=1S/C15H14INO4S/c1-10-6-7-14(9-15(10)17-11(2)18)22(19,20)21-13-5-3-4-12(16)8-13/h3-9H,1-2H3,(H,17,18). The van der Waals surface area contributed by atoms with E-state index in [0.29, 0.717) is 5.69 Å². The van der Waals surface area contributed by atoms with Crippen LogP contribution in [-0.2, 0) is 14.9 Å². The fourth-order valence-corrected chi connectivity index (χ4v) is 3.24. The number of nitrogens with one attached hydrogen (secondary N) is 1. The summed E-state index contributed by atoms with van der Waals surface area (Å²) in [4.78, 5) is 11.1. The van der Waals surface area contributed by atoms with Crippen molar-refractivity contribution < 1.29 is 17.4 Å². The van der Waals surface area contributed by atoms with Crippen molar-refractivity contribution in [2.45, 2.75) is 18.7 Å². The van der Waals surface area contributed by atoms with E-state index in [9.17, 15) is 13.2 Å². The van der Waals surface area contributed by atoms with Gasteiger partial charge in [0.05, 0.1) is 0 Å². The van der Waals surface area contributed by atoms with Crippen molar-refractivity contribution in [3.63, 3.8) is 0 Å². The van der Waals surface area contributed by atoms with Crippen molar-refractivity contribution >= 4 is 44.3 Å². The third-order valence-corrected chi connectivity index (χ3v) is 4.72. The van der Waals surface area contributed by atoms with Gasteiger partial charge in [-0.1, -0.05) is 12.1 Å². The molecule has 116 valence electrons. The fraction of sp³-hybridized carbons (Fsp3) is 0.133. The van der Waals surface area contributed by atoms with Crippen LogP contribution in [0.2, 0.25) is 0 Å². The lowest BCUT2D eigenvalue weighted by Gasteiger charge is -2.11. The molecule has 0 atom stereocenters. The average molecular weight is 431 g/mol. The van der Waals surface area contributed by atoms with Crippen LogP contribution < -0.4 is 9.50 Å². The monoisotopic (exact) mass is 431 g/mol. The molecule has 0 bridgehead atoms. The highest BCUT2D eigenvalue weighted by atomic mass is 127. The second kappa shape index (κ2) is 6.66. The first kappa shape index (κ1) is 16.8. The van der Waals surface area contributed by atoms with E-state index in [1.165, 1.54) is 19.1 Å². The lowest BCUT2D eigenvalue weighted by molar-refractivity contribution is -0.114. The number of hydrogen-bond donors (Lipinski definition) is 1. The van der Waals surface area contributed by atoms with Crippen molar-refractivity contribution in [2.75, 3.05) is 5.32 Å². The summed E-state index contributed by atoms with van der Waals surface area (Å²) in [5.41, 5.74) is 1.21. The molecule has 0 spiro atoms. The summed E-state index contributed by atoms with van der Waals surface area (Å²) in [5, 5.41) is 2.60. The molecule has 0 aliphatic carbocycles. The third kappa shape index (κ3) is 4.20. The van der Waals surface area contributed by atoms with Gasteiger partial charge < -0.3 is 9.50 Å². The quantitative estimate of drug-likeness (QED) is 0.596. The number of aryl methyl sites for hydroxylation is 1. The molecule has 1 amide bonds. The second-order valence-corrected chi connectivity index (χ2v) is 7.44. The summed E-state index contributed by atoms with van der Waals surface area (Å²) in [7, 11) is -3.96. The molecule has 0 saturated carbocycles. The lowest BCUT2D eigenvalue weighted by atomic mass is 10.2. The van der Waals surface area contributed by atoms with E-state index in [0.717, 1.165) is 9.13 Å². The predicted molar refractivity (Wildman–Crippen MR) is 92.5 cm³/mol. The minimum absolute atomic E-state index is 0.0132. The number of amides is 1. The maximum absolute atomic E-state index is 12.3. The summed E-state index contributed by atoms with van der Waals surface area (Å²) in [6.07, 6.45) is 0. The molecule has 22 heavy (non-hydrogen) atoms. The summed E-state index contributed by atoms with van der Waals surface area (Å²) < 4.78 is 30.6. The zero-order chi connectivity index (χ0) is 16.3. The number of halogens is 1. The SMILES string of the molecule is CC(=O)Nc1cc(S(=O)(=O)Oc2cccc(I)c2)ccc1C. The molecule has 5 nitrogen and oxygen atoms in total. The van der Waals surface area contributed by atoms with Gasteiger partial charge in [0.1, 0.15) is 10.6 Å². The molecular weight excluding hydrogens is 417 g/mol. The molecule has 2 aromatic rings. The normalized spacial score (nSPS) is 11.0. The van der Waals surface area contributed by atoms with Gasteiger partial charge >= 0.3 is 10.1 Å². The molecular formula is C15H14INO4S. The highest BCUT2D eigenvalue weighted by Gasteiger charge is 2.18. The number of hydrogen-bond acceptors (Lipinski definition) is 4. The molecule has 0 aliphatic rings. The third-order valence-electron chi connectivity index (χ3n) is 2.81. The van der Waals surface area contributed by atoms with Crippen LogP contribution in [0.3, 0.4) is 0 Å². The Hall–Kier alpha value is -1.61. The lowest BCUT2D eigenvalue weighted by Crippen LogP contribution is -2.12. The van der Waals surface area contributed by atoms with Crippen LogP contribution in [-0.4, -0.2) is 14.3 Å². The number of carbonyl (C=O) groups excluding carboxylic acids is 1. The Morgan fingerprint density at radius 2 is 1.91 bits per heavy atom. The topological polar surface area (TPSA) is 72.5 Å². The van der Waals surface area contributed by atoms with Gasteiger partial charge in [-0.05, 0) is 65.4 Å². The number of carbonyl (C=O) groups is 1. The van der Waals surface area contributed by atoms with Crippen LogP contribution in [0.5, 0.6) is 5.75 Å². The average Bonchev–Trinajstić information content (AvgIpc) is 2.40. The largest absolute Gasteiger partial charge is 0.379 e. The van der Waals surface area contributed by atoms with Crippen molar-refractivity contribution in [3.8, 4) is 5.75 Å². The molecule has 1 N–H and O–H groups in total. The Morgan fingerprint density at radius 3 is 2.55 bits per heavy atom. The summed E-state index contributed by atoms with van der Waals surface area (Å²) in [6, 6.07) is 11.2. The van der Waals surface area contributed by atoms with Gasteiger partial charge in [0, 0.05) is 16.2 Å². The van der Waals surface area contributed by atoms with E-state index < -0.39 is 10.1 Å². The molecule has 0 unspecified atom stereocenters. The molecule has 0 fully saturated rings. The summed E-state index contributed by atoms with van der Waals surface area (Å²) >= 11 is 2.07. The van der Waals surface area contributed by atoms with Crippen LogP contribution in [0.1, 0.15) is 12.5 Å². The predicted octanol–water partition coefficient (Wildman–Crippen LogP) is 3.33. The minimum Gasteiger partial charge on any atom is -0.379 e. The smallest absolute Gasteiger partial charge is 0.339 e. The summed E-state index contributed by atoms with van der Waals surface area (Å²) in [6.45, 7) is 3.14. The van der Waals surface area contributed by atoms with Crippen molar-refractivity contribution in [1.82, 2.24) is 0 Å². The Balaban J connectivity index is 2.35. The van der Waals surface area contributed by atoms with Crippen molar-refractivity contribution in [1.29, 1.82) is 0 Å². The van der Waals surface area contributed by atoms with Crippen molar-refractivity contribution in [3.05, 3.63) is 51.6 Å². The van der Waals surface area contributed by atoms with Gasteiger partial charge in [0.15, 0.2) is 0 Å². The minimum atomic E-state index is -3.96. The van der Waals surface area contributed by atoms with Gasteiger partial charge in [-0.2, -0.15) is 8.42 Å². The highest BCUT2D eigenvalue weighted by molar-refractivity contribution is 14.1. The zero-order valence-corrected chi connectivity index (χ0v) is 14.9. The maximum Gasteiger partial charge on any atom is 0.339 e. The molecule has 2 rings (SSSR count).